The van der Waals surface area contributed by atoms with Crippen LogP contribution in [0.4, 0.5) is 5.69 Å². The number of benzene rings is 2. The molecule has 120 valence electrons. The van der Waals surface area contributed by atoms with Gasteiger partial charge in [0.05, 0.1) is 5.02 Å². The summed E-state index contributed by atoms with van der Waals surface area (Å²) in [6.07, 6.45) is 3.16. The number of phenols is 1. The molecule has 0 fully saturated rings. The molecule has 2 aromatic carbocycles. The van der Waals surface area contributed by atoms with Gasteiger partial charge in [-0.3, -0.25) is 0 Å². The molecule has 0 saturated heterocycles. The van der Waals surface area contributed by atoms with E-state index in [2.05, 4.69) is 24.1 Å². The first kappa shape index (κ1) is 14.9. The van der Waals surface area contributed by atoms with E-state index < -0.39 is 0 Å². The number of nitrogen functional groups attached to an aromatic ring is 1. The van der Waals surface area contributed by atoms with Crippen molar-refractivity contribution in [1.29, 1.82) is 0 Å². The maximum absolute atomic E-state index is 10.2. The second-order valence-electron chi connectivity index (χ2n) is 6.77. The van der Waals surface area contributed by atoms with E-state index in [9.17, 15) is 5.11 Å². The zero-order valence-corrected chi connectivity index (χ0v) is 14.0. The van der Waals surface area contributed by atoms with Gasteiger partial charge in [-0.1, -0.05) is 17.7 Å². The molecule has 0 aromatic heterocycles. The summed E-state index contributed by atoms with van der Waals surface area (Å²) in [5, 5.41) is 10.6. The van der Waals surface area contributed by atoms with Crippen molar-refractivity contribution in [1.82, 2.24) is 4.90 Å². The Balaban J connectivity index is 1.95. The molecule has 0 spiro atoms. The number of anilines is 1. The highest BCUT2D eigenvalue weighted by Gasteiger charge is 2.36. The second kappa shape index (κ2) is 5.43. The number of halogens is 1. The number of likely N-dealkylation sites (N-methyl/N-ethyl adjacent to an activating group) is 1. The lowest BCUT2D eigenvalue weighted by Gasteiger charge is -2.38. The van der Waals surface area contributed by atoms with E-state index in [4.69, 9.17) is 17.3 Å². The molecular formula is C19H21ClN2O. The number of phenolic OH excluding ortho intramolecular Hbond substituents is 1. The van der Waals surface area contributed by atoms with Crippen LogP contribution in [0, 0.1) is 0 Å². The normalized spacial score (nSPS) is 23.6. The second-order valence-corrected chi connectivity index (χ2v) is 7.18. The number of rotatable bonds is 0. The van der Waals surface area contributed by atoms with Gasteiger partial charge in [0.1, 0.15) is 5.75 Å². The van der Waals surface area contributed by atoms with Crippen LogP contribution in [0.5, 0.6) is 5.75 Å². The summed E-state index contributed by atoms with van der Waals surface area (Å²) in [4.78, 5) is 2.45. The third-order valence-corrected chi connectivity index (χ3v) is 5.75. The third kappa shape index (κ3) is 2.39. The van der Waals surface area contributed by atoms with Crippen LogP contribution < -0.4 is 5.73 Å². The van der Waals surface area contributed by atoms with Gasteiger partial charge >= 0.3 is 0 Å². The van der Waals surface area contributed by atoms with Gasteiger partial charge in [0, 0.05) is 24.2 Å². The number of hydrogen-bond donors (Lipinski definition) is 2. The first-order valence-corrected chi connectivity index (χ1v) is 8.52. The molecular weight excluding hydrogens is 308 g/mol. The lowest BCUT2D eigenvalue weighted by Crippen LogP contribution is -2.39. The Morgan fingerprint density at radius 3 is 2.74 bits per heavy atom. The van der Waals surface area contributed by atoms with Crippen molar-refractivity contribution in [2.75, 3.05) is 19.3 Å². The van der Waals surface area contributed by atoms with Crippen LogP contribution in [-0.2, 0) is 12.8 Å². The average Bonchev–Trinajstić information content (AvgIpc) is 2.66. The van der Waals surface area contributed by atoms with Crippen molar-refractivity contribution < 1.29 is 5.11 Å². The number of aromatic hydroxyl groups is 1. The number of nitrogens with zero attached hydrogens (tertiary/aromatic N) is 1. The van der Waals surface area contributed by atoms with E-state index >= 15 is 0 Å². The summed E-state index contributed by atoms with van der Waals surface area (Å²) in [5.74, 6) is 0.415. The molecule has 0 saturated carbocycles. The van der Waals surface area contributed by atoms with Crippen molar-refractivity contribution in [2.45, 2.75) is 31.2 Å². The van der Waals surface area contributed by atoms with Gasteiger partial charge < -0.3 is 15.7 Å². The quantitative estimate of drug-likeness (QED) is 0.727. The van der Waals surface area contributed by atoms with Crippen LogP contribution in [0.1, 0.15) is 34.6 Å². The molecule has 4 rings (SSSR count). The van der Waals surface area contributed by atoms with Crippen molar-refractivity contribution in [3.8, 4) is 5.75 Å². The van der Waals surface area contributed by atoms with Gasteiger partial charge in [0.25, 0.3) is 0 Å². The first-order valence-electron chi connectivity index (χ1n) is 8.14. The van der Waals surface area contributed by atoms with E-state index in [1.165, 1.54) is 22.3 Å². The van der Waals surface area contributed by atoms with E-state index in [-0.39, 0.29) is 11.7 Å². The number of hydrogen-bond acceptors (Lipinski definition) is 3. The molecule has 23 heavy (non-hydrogen) atoms. The molecule has 2 aliphatic rings. The van der Waals surface area contributed by atoms with Crippen LogP contribution in [0.2, 0.25) is 5.02 Å². The number of fused-ring (bicyclic) bond motifs is 5. The predicted octanol–water partition coefficient (Wildman–Crippen LogP) is 3.56. The molecule has 4 heteroatoms. The molecule has 0 radical (unpaired) electrons. The Bertz CT molecular complexity index is 774. The van der Waals surface area contributed by atoms with Crippen LogP contribution in [0.25, 0.3) is 0 Å². The highest BCUT2D eigenvalue weighted by Crippen LogP contribution is 2.44. The summed E-state index contributed by atoms with van der Waals surface area (Å²) < 4.78 is 0. The summed E-state index contributed by atoms with van der Waals surface area (Å²) >= 11 is 6.15. The number of nitrogens with two attached hydrogens (primary N) is 1. The zero-order chi connectivity index (χ0) is 16.1. The van der Waals surface area contributed by atoms with E-state index in [0.29, 0.717) is 11.1 Å². The lowest BCUT2D eigenvalue weighted by atomic mass is 9.74. The molecule has 0 amide bonds. The molecule has 3 N–H and O–H groups in total. The summed E-state index contributed by atoms with van der Waals surface area (Å²) in [6.45, 7) is 1.01. The van der Waals surface area contributed by atoms with E-state index in [1.807, 2.05) is 18.2 Å². The smallest absolute Gasteiger partial charge is 0.134 e. The Morgan fingerprint density at radius 1 is 1.13 bits per heavy atom. The minimum absolute atomic E-state index is 0.171. The minimum Gasteiger partial charge on any atom is -0.506 e. The highest BCUT2D eigenvalue weighted by molar-refractivity contribution is 6.32. The topological polar surface area (TPSA) is 49.5 Å². The van der Waals surface area contributed by atoms with Gasteiger partial charge in [0.2, 0.25) is 0 Å². The molecule has 2 aromatic rings. The van der Waals surface area contributed by atoms with Gasteiger partial charge in [-0.25, -0.2) is 0 Å². The standard InChI is InChI=1S/C19H21ClN2O/c1-22-7-6-12-8-16(20)18(23)10-15(12)19-14-9-13(21)4-2-11(14)3-5-17(19)22/h2,4,8-10,17,19,23H,3,5-7,21H2,1H3/t17-,19?/m0/s1. The van der Waals surface area contributed by atoms with Crippen molar-refractivity contribution in [3.63, 3.8) is 0 Å². The Morgan fingerprint density at radius 2 is 1.91 bits per heavy atom. The molecule has 2 atom stereocenters. The molecule has 1 aliphatic carbocycles. The zero-order valence-electron chi connectivity index (χ0n) is 13.2. The maximum Gasteiger partial charge on any atom is 0.134 e. The maximum atomic E-state index is 10.2. The van der Waals surface area contributed by atoms with Crippen LogP contribution >= 0.6 is 11.6 Å². The lowest BCUT2D eigenvalue weighted by molar-refractivity contribution is 0.214. The van der Waals surface area contributed by atoms with E-state index in [0.717, 1.165) is 31.5 Å². The Kier molecular flexibility index (Phi) is 3.51. The first-order chi connectivity index (χ1) is 11.0. The fourth-order valence-corrected chi connectivity index (χ4v) is 4.43. The van der Waals surface area contributed by atoms with Crippen molar-refractivity contribution in [3.05, 3.63) is 57.6 Å². The molecule has 1 aliphatic heterocycles. The largest absolute Gasteiger partial charge is 0.506 e. The monoisotopic (exact) mass is 328 g/mol. The Labute approximate surface area is 141 Å². The van der Waals surface area contributed by atoms with Gasteiger partial charge in [-0.15, -0.1) is 0 Å². The summed E-state index contributed by atoms with van der Waals surface area (Å²) in [7, 11) is 2.20. The van der Waals surface area contributed by atoms with Gasteiger partial charge in [-0.2, -0.15) is 0 Å². The molecule has 1 unspecified atom stereocenters. The van der Waals surface area contributed by atoms with Crippen LogP contribution in [0.3, 0.4) is 0 Å². The minimum atomic E-state index is 0.171. The fraction of sp³-hybridized carbons (Fsp3) is 0.368. The SMILES string of the molecule is CN1CCc2cc(Cl)c(O)cc2C2c3cc(N)ccc3CC[C@@H]21. The molecule has 0 bridgehead atoms. The van der Waals surface area contributed by atoms with Crippen LogP contribution in [-0.4, -0.2) is 29.6 Å². The molecule has 3 nitrogen and oxygen atoms in total. The fourth-order valence-electron chi connectivity index (χ4n) is 4.25. The Hall–Kier alpha value is -1.71. The third-order valence-electron chi connectivity index (χ3n) is 5.44. The van der Waals surface area contributed by atoms with E-state index in [1.54, 1.807) is 0 Å². The predicted molar refractivity (Wildman–Crippen MR) is 94.3 cm³/mol. The van der Waals surface area contributed by atoms with Crippen molar-refractivity contribution >= 4 is 17.3 Å². The highest BCUT2D eigenvalue weighted by atomic mass is 35.5. The van der Waals surface area contributed by atoms with Gasteiger partial charge in [0.15, 0.2) is 0 Å². The number of aryl methyl sites for hydroxylation is 1. The van der Waals surface area contributed by atoms with Crippen LogP contribution in [0.15, 0.2) is 30.3 Å². The molecule has 1 heterocycles. The van der Waals surface area contributed by atoms with Crippen molar-refractivity contribution in [2.24, 2.45) is 0 Å². The summed E-state index contributed by atoms with van der Waals surface area (Å²) in [5.41, 5.74) is 12.0. The van der Waals surface area contributed by atoms with Gasteiger partial charge in [-0.05, 0) is 72.8 Å². The summed E-state index contributed by atoms with van der Waals surface area (Å²) in [6, 6.07) is 10.5. The average molecular weight is 329 g/mol.